The lowest BCUT2D eigenvalue weighted by molar-refractivity contribution is 0.305. The summed E-state index contributed by atoms with van der Waals surface area (Å²) in [4.78, 5) is 17.2. The SMILES string of the molecule is CC(=C1c2ccccc2COc2cc(F)ccc21)c1ccc2[nH]c(=O)[nH]c2c1. The number of aromatic amines is 2. The van der Waals surface area contributed by atoms with Gasteiger partial charge in [-0.2, -0.15) is 0 Å². The lowest BCUT2D eigenvalue weighted by atomic mass is 9.88. The van der Waals surface area contributed by atoms with Crippen LogP contribution in [0.2, 0.25) is 0 Å². The first-order chi connectivity index (χ1) is 13.6. The van der Waals surface area contributed by atoms with Crippen LogP contribution in [-0.2, 0) is 6.61 Å². The molecule has 4 nitrogen and oxygen atoms in total. The highest BCUT2D eigenvalue weighted by molar-refractivity contribution is 6.01. The topological polar surface area (TPSA) is 57.9 Å². The summed E-state index contributed by atoms with van der Waals surface area (Å²) in [6.45, 7) is 2.42. The second-order valence-corrected chi connectivity index (χ2v) is 6.93. The Labute approximate surface area is 160 Å². The number of H-pyrrole nitrogens is 2. The fourth-order valence-corrected chi connectivity index (χ4v) is 3.83. The average molecular weight is 372 g/mol. The number of benzene rings is 3. The summed E-state index contributed by atoms with van der Waals surface area (Å²) in [5.41, 5.74) is 7.24. The molecule has 0 radical (unpaired) electrons. The number of fused-ring (bicyclic) bond motifs is 3. The molecule has 2 heterocycles. The summed E-state index contributed by atoms with van der Waals surface area (Å²) < 4.78 is 19.8. The molecule has 0 saturated heterocycles. The Balaban J connectivity index is 1.81. The lowest BCUT2D eigenvalue weighted by Gasteiger charge is -2.15. The maximum absolute atomic E-state index is 13.9. The normalized spacial score (nSPS) is 14.8. The Bertz CT molecular complexity index is 1310. The van der Waals surface area contributed by atoms with E-state index in [1.165, 1.54) is 12.1 Å². The monoisotopic (exact) mass is 372 g/mol. The fraction of sp³-hybridized carbons (Fsp3) is 0.0870. The third kappa shape index (κ3) is 2.63. The van der Waals surface area contributed by atoms with Crippen molar-refractivity contribution in [2.24, 2.45) is 0 Å². The van der Waals surface area contributed by atoms with Gasteiger partial charge in [0.15, 0.2) is 0 Å². The zero-order valence-electron chi connectivity index (χ0n) is 15.2. The first kappa shape index (κ1) is 16.6. The summed E-state index contributed by atoms with van der Waals surface area (Å²) >= 11 is 0. The maximum atomic E-state index is 13.9. The van der Waals surface area contributed by atoms with Crippen LogP contribution in [0.5, 0.6) is 5.75 Å². The first-order valence-electron chi connectivity index (χ1n) is 9.04. The molecule has 0 fully saturated rings. The van der Waals surface area contributed by atoms with Gasteiger partial charge >= 0.3 is 5.69 Å². The van der Waals surface area contributed by atoms with Crippen molar-refractivity contribution in [3.8, 4) is 5.75 Å². The van der Waals surface area contributed by atoms with Crippen molar-refractivity contribution in [2.75, 3.05) is 0 Å². The van der Waals surface area contributed by atoms with E-state index in [0.717, 1.165) is 44.4 Å². The van der Waals surface area contributed by atoms with Gasteiger partial charge in [-0.05, 0) is 59.0 Å². The van der Waals surface area contributed by atoms with Crippen molar-refractivity contribution < 1.29 is 9.13 Å². The van der Waals surface area contributed by atoms with Crippen molar-refractivity contribution in [2.45, 2.75) is 13.5 Å². The summed E-state index contributed by atoms with van der Waals surface area (Å²) in [6, 6.07) is 18.5. The molecule has 1 aliphatic heterocycles. The number of hydrogen-bond donors (Lipinski definition) is 2. The van der Waals surface area contributed by atoms with E-state index in [1.807, 2.05) is 43.3 Å². The average Bonchev–Trinajstić information content (AvgIpc) is 2.99. The highest BCUT2D eigenvalue weighted by Gasteiger charge is 2.22. The molecule has 0 atom stereocenters. The lowest BCUT2D eigenvalue weighted by Crippen LogP contribution is -1.99. The summed E-state index contributed by atoms with van der Waals surface area (Å²) in [6.07, 6.45) is 0. The number of imidazole rings is 1. The van der Waals surface area contributed by atoms with Gasteiger partial charge in [-0.25, -0.2) is 9.18 Å². The van der Waals surface area contributed by atoms with Crippen molar-refractivity contribution >= 4 is 22.2 Å². The van der Waals surface area contributed by atoms with E-state index in [2.05, 4.69) is 16.0 Å². The minimum Gasteiger partial charge on any atom is -0.488 e. The van der Waals surface area contributed by atoms with Crippen molar-refractivity contribution in [3.63, 3.8) is 0 Å². The summed E-state index contributed by atoms with van der Waals surface area (Å²) in [5, 5.41) is 0. The van der Waals surface area contributed by atoms with Gasteiger partial charge in [-0.1, -0.05) is 30.3 Å². The molecular weight excluding hydrogens is 355 g/mol. The number of nitrogens with one attached hydrogen (secondary N) is 2. The van der Waals surface area contributed by atoms with E-state index in [0.29, 0.717) is 12.4 Å². The van der Waals surface area contributed by atoms with Crippen LogP contribution >= 0.6 is 0 Å². The van der Waals surface area contributed by atoms with E-state index in [4.69, 9.17) is 4.74 Å². The second-order valence-electron chi connectivity index (χ2n) is 6.93. The molecule has 28 heavy (non-hydrogen) atoms. The Hall–Kier alpha value is -3.60. The van der Waals surface area contributed by atoms with Crippen molar-refractivity contribution in [1.82, 2.24) is 9.97 Å². The zero-order chi connectivity index (χ0) is 19.3. The van der Waals surface area contributed by atoms with Crippen LogP contribution in [0, 0.1) is 5.82 Å². The van der Waals surface area contributed by atoms with Gasteiger partial charge in [0, 0.05) is 11.6 Å². The molecule has 1 aliphatic rings. The molecule has 4 aromatic rings. The summed E-state index contributed by atoms with van der Waals surface area (Å²) in [5.74, 6) is 0.203. The number of halogens is 1. The number of hydrogen-bond acceptors (Lipinski definition) is 2. The Morgan fingerprint density at radius 3 is 2.68 bits per heavy atom. The first-order valence-corrected chi connectivity index (χ1v) is 9.04. The highest BCUT2D eigenvalue weighted by Crippen LogP contribution is 2.41. The largest absolute Gasteiger partial charge is 0.488 e. The van der Waals surface area contributed by atoms with Gasteiger partial charge in [0.05, 0.1) is 11.0 Å². The fourth-order valence-electron chi connectivity index (χ4n) is 3.83. The third-order valence-electron chi connectivity index (χ3n) is 5.21. The van der Waals surface area contributed by atoms with Gasteiger partial charge in [0.2, 0.25) is 0 Å². The van der Waals surface area contributed by atoms with Gasteiger partial charge in [0.25, 0.3) is 0 Å². The van der Waals surface area contributed by atoms with E-state index in [1.54, 1.807) is 6.07 Å². The third-order valence-corrected chi connectivity index (χ3v) is 5.21. The van der Waals surface area contributed by atoms with E-state index < -0.39 is 0 Å². The molecule has 0 aliphatic carbocycles. The number of rotatable bonds is 1. The van der Waals surface area contributed by atoms with Gasteiger partial charge in [-0.15, -0.1) is 0 Å². The smallest absolute Gasteiger partial charge is 0.323 e. The Kier molecular flexibility index (Phi) is 3.69. The molecule has 0 spiro atoms. The van der Waals surface area contributed by atoms with Crippen LogP contribution in [0.3, 0.4) is 0 Å². The molecule has 0 unspecified atom stereocenters. The molecule has 5 heteroatoms. The van der Waals surface area contributed by atoms with Gasteiger partial charge in [-0.3, -0.25) is 0 Å². The van der Waals surface area contributed by atoms with Crippen LogP contribution in [0.15, 0.2) is 65.5 Å². The number of allylic oxidation sites excluding steroid dienone is 1. The van der Waals surface area contributed by atoms with Crippen LogP contribution in [-0.4, -0.2) is 9.97 Å². The van der Waals surface area contributed by atoms with Crippen LogP contribution < -0.4 is 10.4 Å². The van der Waals surface area contributed by atoms with E-state index >= 15 is 0 Å². The molecule has 2 N–H and O–H groups in total. The summed E-state index contributed by atoms with van der Waals surface area (Å²) in [7, 11) is 0. The standard InChI is InChI=1S/C23H17FN2O2/c1-13(14-6-9-19-20(10-14)26-23(27)25-19)22-17-5-3-2-4-15(17)12-28-21-11-16(24)7-8-18(21)22/h2-11H,12H2,1H3,(H2,25,26,27). The number of aromatic nitrogens is 2. The van der Waals surface area contributed by atoms with Crippen molar-refractivity contribution in [1.29, 1.82) is 0 Å². The van der Waals surface area contributed by atoms with Crippen LogP contribution in [0.25, 0.3) is 22.2 Å². The molecule has 0 amide bonds. The van der Waals surface area contributed by atoms with Gasteiger partial charge < -0.3 is 14.7 Å². The van der Waals surface area contributed by atoms with E-state index in [-0.39, 0.29) is 11.5 Å². The maximum Gasteiger partial charge on any atom is 0.323 e. The van der Waals surface area contributed by atoms with Crippen LogP contribution in [0.4, 0.5) is 4.39 Å². The highest BCUT2D eigenvalue weighted by atomic mass is 19.1. The molecule has 1 aromatic heterocycles. The van der Waals surface area contributed by atoms with Crippen molar-refractivity contribution in [3.05, 3.63) is 99.2 Å². The van der Waals surface area contributed by atoms with Crippen LogP contribution in [0.1, 0.15) is 29.2 Å². The minimum atomic E-state index is -0.326. The quantitative estimate of drug-likeness (QED) is 0.501. The zero-order valence-corrected chi connectivity index (χ0v) is 15.2. The van der Waals surface area contributed by atoms with E-state index in [9.17, 15) is 9.18 Å². The molecule has 138 valence electrons. The molecule has 0 saturated carbocycles. The molecular formula is C23H17FN2O2. The molecule has 0 bridgehead atoms. The number of ether oxygens (including phenoxy) is 1. The molecule has 3 aromatic carbocycles. The predicted molar refractivity (Wildman–Crippen MR) is 108 cm³/mol. The minimum absolute atomic E-state index is 0.230. The Morgan fingerprint density at radius 1 is 0.964 bits per heavy atom. The Morgan fingerprint density at radius 2 is 1.79 bits per heavy atom. The molecule has 5 rings (SSSR count). The second kappa shape index (κ2) is 6.23. The van der Waals surface area contributed by atoms with Gasteiger partial charge in [0.1, 0.15) is 18.2 Å². The predicted octanol–water partition coefficient (Wildman–Crippen LogP) is 4.87.